The number of hydroxylamine groups is 2. The lowest BCUT2D eigenvalue weighted by Gasteiger charge is -2.24. The minimum Gasteiger partial charge on any atom is -0.377 e. The van der Waals surface area contributed by atoms with E-state index in [1.807, 2.05) is 42.7 Å². The molecule has 15 heteroatoms. The first-order chi connectivity index (χ1) is 25.3. The molecule has 0 spiro atoms. The molecule has 1 aliphatic heterocycles. The standard InChI is InChI=1S/C11H12N2O4.C10H19NO3Si.C10H17NS.C6H10N2/c14-9-2-3-10(15)13(9)17-11(16)4-1-8-5-6-12-7-8;1-12-15(13-2,14-3)10-6-9-11-7-4-5-8-11;12-10-6-2-1-3-7-11-8-4-5-9-11;7-3-6-8-4-1-2-5-8/h5-7,12H,1-4H2;4-5,7-8H,6,9-10H2,1-3H3;4-5,8-9,12H,1-3,6-7,10H2;1-2,4-5H,3,6-7H2. The van der Waals surface area contributed by atoms with E-state index in [0.717, 1.165) is 36.9 Å². The van der Waals surface area contributed by atoms with Crippen LogP contribution in [-0.2, 0) is 58.6 Å². The van der Waals surface area contributed by atoms with E-state index >= 15 is 0 Å². The summed E-state index contributed by atoms with van der Waals surface area (Å²) in [5.41, 5.74) is 6.27. The van der Waals surface area contributed by atoms with Gasteiger partial charge in [-0.15, -0.1) is 5.06 Å². The van der Waals surface area contributed by atoms with Gasteiger partial charge in [-0.05, 0) is 79.5 Å². The van der Waals surface area contributed by atoms with Gasteiger partial charge in [0, 0.05) is 116 Å². The van der Waals surface area contributed by atoms with E-state index in [1.165, 1.54) is 32.2 Å². The van der Waals surface area contributed by atoms with Crippen molar-refractivity contribution in [1.82, 2.24) is 23.7 Å². The average Bonchev–Trinajstić information content (AvgIpc) is 4.02. The van der Waals surface area contributed by atoms with Gasteiger partial charge in [-0.1, -0.05) is 12.8 Å². The van der Waals surface area contributed by atoms with Crippen LogP contribution < -0.4 is 5.73 Å². The Morgan fingerprint density at radius 2 is 1.27 bits per heavy atom. The minimum atomic E-state index is -2.36. The maximum atomic E-state index is 11.4. The first kappa shape index (κ1) is 44.3. The largest absolute Gasteiger partial charge is 0.500 e. The smallest absolute Gasteiger partial charge is 0.377 e. The van der Waals surface area contributed by atoms with Crippen molar-refractivity contribution in [3.05, 3.63) is 97.6 Å². The fourth-order valence-corrected chi connectivity index (χ4v) is 6.99. The van der Waals surface area contributed by atoms with Gasteiger partial charge >= 0.3 is 14.8 Å². The Morgan fingerprint density at radius 3 is 1.73 bits per heavy atom. The lowest BCUT2D eigenvalue weighted by molar-refractivity contribution is -0.197. The number of carbonyl (C=O) groups is 3. The molecule has 0 atom stereocenters. The topological polar surface area (TPSA) is 148 Å². The number of H-pyrrole nitrogens is 1. The molecule has 0 bridgehead atoms. The molecule has 13 nitrogen and oxygen atoms in total. The van der Waals surface area contributed by atoms with Crippen LogP contribution in [0.15, 0.2) is 92.0 Å². The van der Waals surface area contributed by atoms with Gasteiger partial charge < -0.3 is 42.5 Å². The fraction of sp³-hybridized carbons (Fsp3) is 0.486. The number of rotatable bonds is 19. The molecule has 1 aliphatic rings. The third kappa shape index (κ3) is 18.1. The van der Waals surface area contributed by atoms with Gasteiger partial charge in [-0.3, -0.25) is 9.59 Å². The number of aromatic amines is 1. The van der Waals surface area contributed by atoms with Crippen molar-refractivity contribution < 1.29 is 32.5 Å². The van der Waals surface area contributed by atoms with E-state index in [9.17, 15) is 14.4 Å². The number of hydrogen-bond acceptors (Lipinski definition) is 9. The molecule has 3 N–H and O–H groups in total. The maximum absolute atomic E-state index is 11.4. The second-order valence-corrected chi connectivity index (χ2v) is 15.4. The van der Waals surface area contributed by atoms with Gasteiger partial charge in [0.15, 0.2) is 0 Å². The highest BCUT2D eigenvalue weighted by atomic mass is 32.1. The van der Waals surface area contributed by atoms with Crippen molar-refractivity contribution in [1.29, 1.82) is 0 Å². The molecule has 1 saturated heterocycles. The van der Waals surface area contributed by atoms with Crippen molar-refractivity contribution in [2.45, 2.75) is 83.5 Å². The number of nitrogens with zero attached hydrogens (tertiary/aromatic N) is 4. The number of nitrogens with one attached hydrogen (secondary N) is 1. The van der Waals surface area contributed by atoms with E-state index in [2.05, 4.69) is 68.2 Å². The van der Waals surface area contributed by atoms with Crippen LogP contribution in [0.25, 0.3) is 0 Å². The van der Waals surface area contributed by atoms with Crippen molar-refractivity contribution >= 4 is 39.2 Å². The molecule has 4 aromatic rings. The molecule has 5 rings (SSSR count). The zero-order chi connectivity index (χ0) is 37.9. The van der Waals surface area contributed by atoms with Crippen LogP contribution in [0.1, 0.15) is 56.9 Å². The average molecular weight is 759 g/mol. The molecule has 4 aromatic heterocycles. The molecule has 0 aliphatic carbocycles. The zero-order valence-corrected chi connectivity index (χ0v) is 32.8. The number of aryl methyl sites for hydroxylation is 3. The van der Waals surface area contributed by atoms with Crippen molar-refractivity contribution in [2.24, 2.45) is 5.73 Å². The number of unbranched alkanes of at least 4 members (excludes halogenated alkanes) is 3. The summed E-state index contributed by atoms with van der Waals surface area (Å²) in [6.45, 7) is 3.78. The Kier molecular flexibility index (Phi) is 22.9. The van der Waals surface area contributed by atoms with Crippen LogP contribution in [0.5, 0.6) is 0 Å². The summed E-state index contributed by atoms with van der Waals surface area (Å²) >= 11 is 4.18. The lowest BCUT2D eigenvalue weighted by Crippen LogP contribution is -2.42. The molecule has 52 heavy (non-hydrogen) atoms. The highest BCUT2D eigenvalue weighted by Crippen LogP contribution is 2.16. The van der Waals surface area contributed by atoms with E-state index < -0.39 is 26.6 Å². The first-order valence-corrected chi connectivity index (χ1v) is 20.3. The number of aromatic nitrogens is 4. The molecule has 0 radical (unpaired) electrons. The lowest BCUT2D eigenvalue weighted by atomic mass is 10.2. The van der Waals surface area contributed by atoms with Crippen LogP contribution in [0.2, 0.25) is 6.04 Å². The number of thiol groups is 1. The molecular weight excluding hydrogens is 701 g/mol. The zero-order valence-electron chi connectivity index (χ0n) is 30.9. The van der Waals surface area contributed by atoms with Crippen LogP contribution in [-0.4, -0.2) is 84.0 Å². The summed E-state index contributed by atoms with van der Waals surface area (Å²) in [5, 5.41) is 0.569. The van der Waals surface area contributed by atoms with Gasteiger partial charge in [0.25, 0.3) is 11.8 Å². The number of nitrogens with two attached hydrogens (primary N) is 1. The molecule has 1 fully saturated rings. The van der Waals surface area contributed by atoms with Gasteiger partial charge in [-0.2, -0.15) is 12.6 Å². The van der Waals surface area contributed by atoms with Crippen LogP contribution in [0.4, 0.5) is 0 Å². The van der Waals surface area contributed by atoms with Gasteiger partial charge in [0.05, 0.1) is 6.42 Å². The van der Waals surface area contributed by atoms with Crippen LogP contribution in [0.3, 0.4) is 0 Å². The minimum absolute atomic E-state index is 0.115. The Bertz CT molecular complexity index is 1420. The highest BCUT2D eigenvalue weighted by Gasteiger charge is 2.36. The third-order valence-electron chi connectivity index (χ3n) is 8.02. The predicted octanol–water partition coefficient (Wildman–Crippen LogP) is 5.74. The summed E-state index contributed by atoms with van der Waals surface area (Å²) in [6.07, 6.45) is 23.0. The quantitative estimate of drug-likeness (QED) is 0.0475. The Hall–Kier alpha value is -3.86. The molecular formula is C37H58N6O7SSi. The molecule has 5 heterocycles. The van der Waals surface area contributed by atoms with Gasteiger partial charge in [-0.25, -0.2) is 4.79 Å². The summed E-state index contributed by atoms with van der Waals surface area (Å²) in [4.78, 5) is 41.3. The van der Waals surface area contributed by atoms with Crippen molar-refractivity contribution in [3.63, 3.8) is 0 Å². The number of amides is 2. The van der Waals surface area contributed by atoms with Crippen molar-refractivity contribution in [3.8, 4) is 0 Å². The third-order valence-corrected chi connectivity index (χ3v) is 11.2. The van der Waals surface area contributed by atoms with Crippen LogP contribution in [0, 0.1) is 0 Å². The summed E-state index contributed by atoms with van der Waals surface area (Å²) in [6, 6.07) is 14.9. The summed E-state index contributed by atoms with van der Waals surface area (Å²) in [7, 11) is 2.58. The first-order valence-electron chi connectivity index (χ1n) is 17.8. The van der Waals surface area contributed by atoms with Crippen molar-refractivity contribution in [2.75, 3.05) is 33.6 Å². The molecule has 0 aromatic carbocycles. The summed E-state index contributed by atoms with van der Waals surface area (Å²) in [5.74, 6) is -0.450. The molecule has 288 valence electrons. The Balaban J connectivity index is 0.000000248. The molecule has 0 unspecified atom stereocenters. The second kappa shape index (κ2) is 26.8. The second-order valence-electron chi connectivity index (χ2n) is 11.9. The number of imide groups is 1. The number of carbonyl (C=O) groups excluding carboxylic acids is 3. The van der Waals surface area contributed by atoms with E-state index in [1.54, 1.807) is 33.7 Å². The van der Waals surface area contributed by atoms with E-state index in [0.29, 0.717) is 18.0 Å². The van der Waals surface area contributed by atoms with E-state index in [-0.39, 0.29) is 19.3 Å². The van der Waals surface area contributed by atoms with Gasteiger partial charge in [0.1, 0.15) is 0 Å². The molecule has 2 amide bonds. The highest BCUT2D eigenvalue weighted by molar-refractivity contribution is 7.80. The normalized spacial score (nSPS) is 12.4. The van der Waals surface area contributed by atoms with Crippen LogP contribution >= 0.6 is 12.6 Å². The Morgan fingerprint density at radius 1 is 0.769 bits per heavy atom. The Labute approximate surface area is 315 Å². The number of hydrogen-bond donors (Lipinski definition) is 3. The fourth-order valence-electron chi connectivity index (χ4n) is 5.07. The summed E-state index contributed by atoms with van der Waals surface area (Å²) < 4.78 is 22.5. The maximum Gasteiger partial charge on any atom is 0.500 e. The SMILES string of the molecule is CO[Si](CCCn1cccc1)(OC)OC.NCCn1cccc1.O=C(CCc1cc[nH]c1)ON1C(=O)CCC1=O.SCCCCCCn1cccc1. The van der Waals surface area contributed by atoms with E-state index in [4.69, 9.17) is 23.8 Å². The molecule has 0 saturated carbocycles. The monoisotopic (exact) mass is 758 g/mol. The van der Waals surface area contributed by atoms with Gasteiger partial charge in [0.2, 0.25) is 0 Å². The predicted molar refractivity (Wildman–Crippen MR) is 207 cm³/mol.